The van der Waals surface area contributed by atoms with Gasteiger partial charge in [0.25, 0.3) is 0 Å². The first-order chi connectivity index (χ1) is 8.83. The molecule has 1 heterocycles. The zero-order valence-electron chi connectivity index (χ0n) is 11.0. The van der Waals surface area contributed by atoms with Gasteiger partial charge in [-0.15, -0.1) is 0 Å². The molecule has 1 aromatic carbocycles. The molecule has 0 amide bonds. The molecule has 1 aromatic rings. The van der Waals surface area contributed by atoms with E-state index >= 15 is 0 Å². The van der Waals surface area contributed by atoms with E-state index in [2.05, 4.69) is 4.90 Å². The molecule has 3 rings (SSSR count). The SMILES string of the molecule is OC(CN1CC2CCCCC2C1)c1ccccc1. The zero-order chi connectivity index (χ0) is 12.4. The maximum Gasteiger partial charge on any atom is 0.0916 e. The Bertz CT molecular complexity index is 364. The van der Waals surface area contributed by atoms with E-state index in [0.29, 0.717) is 0 Å². The molecule has 18 heavy (non-hydrogen) atoms. The number of hydrogen-bond donors (Lipinski definition) is 1. The van der Waals surface area contributed by atoms with E-state index in [9.17, 15) is 5.11 Å². The number of aliphatic hydroxyl groups excluding tert-OH is 1. The fourth-order valence-electron chi connectivity index (χ4n) is 3.68. The molecule has 98 valence electrons. The lowest BCUT2D eigenvalue weighted by Crippen LogP contribution is -2.26. The van der Waals surface area contributed by atoms with Crippen LogP contribution in [0.15, 0.2) is 30.3 Å². The average Bonchev–Trinajstić information content (AvgIpc) is 2.82. The van der Waals surface area contributed by atoms with Gasteiger partial charge in [0.1, 0.15) is 0 Å². The van der Waals surface area contributed by atoms with Crippen LogP contribution in [0.1, 0.15) is 37.4 Å². The van der Waals surface area contributed by atoms with E-state index in [4.69, 9.17) is 0 Å². The number of aliphatic hydroxyl groups is 1. The van der Waals surface area contributed by atoms with Gasteiger partial charge in [-0.25, -0.2) is 0 Å². The van der Waals surface area contributed by atoms with E-state index in [1.54, 1.807) is 0 Å². The lowest BCUT2D eigenvalue weighted by molar-refractivity contribution is 0.123. The number of fused-ring (bicyclic) bond motifs is 1. The molecular weight excluding hydrogens is 222 g/mol. The molecule has 2 heteroatoms. The first-order valence-corrected chi connectivity index (χ1v) is 7.28. The summed E-state index contributed by atoms with van der Waals surface area (Å²) >= 11 is 0. The summed E-state index contributed by atoms with van der Waals surface area (Å²) in [6.07, 6.45) is 5.31. The normalized spacial score (nSPS) is 30.1. The van der Waals surface area contributed by atoms with Crippen LogP contribution in [0.3, 0.4) is 0 Å². The summed E-state index contributed by atoms with van der Waals surface area (Å²) in [6, 6.07) is 10.0. The van der Waals surface area contributed by atoms with Gasteiger partial charge in [-0.2, -0.15) is 0 Å². The number of likely N-dealkylation sites (tertiary alicyclic amines) is 1. The number of β-amino-alcohol motifs (C(OH)–C–C–N with tert-alkyl or cyclic N) is 1. The molecule has 3 unspecified atom stereocenters. The van der Waals surface area contributed by atoms with Crippen molar-refractivity contribution in [3.05, 3.63) is 35.9 Å². The molecule has 0 bridgehead atoms. The summed E-state index contributed by atoms with van der Waals surface area (Å²) in [5.41, 5.74) is 1.05. The monoisotopic (exact) mass is 245 g/mol. The van der Waals surface area contributed by atoms with E-state index in [-0.39, 0.29) is 6.10 Å². The van der Waals surface area contributed by atoms with Crippen molar-refractivity contribution in [3.63, 3.8) is 0 Å². The Hall–Kier alpha value is -0.860. The van der Waals surface area contributed by atoms with E-state index in [0.717, 1.165) is 23.9 Å². The van der Waals surface area contributed by atoms with Crippen LogP contribution in [0.25, 0.3) is 0 Å². The molecular formula is C16H23NO. The highest BCUT2D eigenvalue weighted by Gasteiger charge is 2.34. The van der Waals surface area contributed by atoms with Crippen LogP contribution in [0.5, 0.6) is 0 Å². The maximum atomic E-state index is 10.3. The van der Waals surface area contributed by atoms with Gasteiger partial charge in [0.05, 0.1) is 6.10 Å². The molecule has 1 saturated heterocycles. The minimum atomic E-state index is -0.327. The van der Waals surface area contributed by atoms with Crippen molar-refractivity contribution in [1.82, 2.24) is 4.90 Å². The number of benzene rings is 1. The first kappa shape index (κ1) is 12.2. The van der Waals surface area contributed by atoms with Gasteiger partial charge >= 0.3 is 0 Å². The fourth-order valence-corrected chi connectivity index (χ4v) is 3.68. The molecule has 2 fully saturated rings. The number of rotatable bonds is 3. The first-order valence-electron chi connectivity index (χ1n) is 7.28. The van der Waals surface area contributed by atoms with Crippen LogP contribution in [-0.2, 0) is 0 Å². The van der Waals surface area contributed by atoms with E-state index in [1.165, 1.54) is 38.8 Å². The summed E-state index contributed by atoms with van der Waals surface area (Å²) in [4.78, 5) is 2.47. The van der Waals surface area contributed by atoms with Gasteiger partial charge in [0.2, 0.25) is 0 Å². The smallest absolute Gasteiger partial charge is 0.0916 e. The van der Waals surface area contributed by atoms with Crippen molar-refractivity contribution < 1.29 is 5.11 Å². The van der Waals surface area contributed by atoms with Gasteiger partial charge < -0.3 is 5.11 Å². The van der Waals surface area contributed by atoms with Gasteiger partial charge in [-0.1, -0.05) is 43.2 Å². The van der Waals surface area contributed by atoms with E-state index in [1.807, 2.05) is 30.3 Å². The molecule has 1 aliphatic carbocycles. The molecule has 0 aromatic heterocycles. The molecule has 2 nitrogen and oxygen atoms in total. The van der Waals surface area contributed by atoms with Crippen LogP contribution >= 0.6 is 0 Å². The highest BCUT2D eigenvalue weighted by molar-refractivity contribution is 5.17. The molecule has 3 atom stereocenters. The Morgan fingerprint density at radius 3 is 2.28 bits per heavy atom. The lowest BCUT2D eigenvalue weighted by atomic mass is 9.82. The van der Waals surface area contributed by atoms with Crippen LogP contribution in [-0.4, -0.2) is 29.6 Å². The van der Waals surface area contributed by atoms with Crippen molar-refractivity contribution in [1.29, 1.82) is 0 Å². The molecule has 0 spiro atoms. The highest BCUT2D eigenvalue weighted by Crippen LogP contribution is 2.36. The predicted octanol–water partition coefficient (Wildman–Crippen LogP) is 2.84. The summed E-state index contributed by atoms with van der Waals surface area (Å²) in [5.74, 6) is 1.81. The highest BCUT2D eigenvalue weighted by atomic mass is 16.3. The molecule has 0 radical (unpaired) electrons. The van der Waals surface area contributed by atoms with Crippen LogP contribution in [0.2, 0.25) is 0 Å². The van der Waals surface area contributed by atoms with Gasteiger partial charge in [-0.3, -0.25) is 4.90 Å². The van der Waals surface area contributed by atoms with Crippen molar-refractivity contribution in [2.45, 2.75) is 31.8 Å². The third kappa shape index (κ3) is 2.60. The van der Waals surface area contributed by atoms with Gasteiger partial charge in [0.15, 0.2) is 0 Å². The third-order valence-corrected chi connectivity index (χ3v) is 4.67. The number of nitrogens with zero attached hydrogens (tertiary/aromatic N) is 1. The number of hydrogen-bond acceptors (Lipinski definition) is 2. The molecule has 1 N–H and O–H groups in total. The molecule has 1 aliphatic heterocycles. The summed E-state index contributed by atoms with van der Waals surface area (Å²) in [7, 11) is 0. The molecule has 2 aliphatic rings. The summed E-state index contributed by atoms with van der Waals surface area (Å²) < 4.78 is 0. The third-order valence-electron chi connectivity index (χ3n) is 4.67. The van der Waals surface area contributed by atoms with Crippen molar-refractivity contribution >= 4 is 0 Å². The minimum Gasteiger partial charge on any atom is -0.387 e. The fraction of sp³-hybridized carbons (Fsp3) is 0.625. The van der Waals surface area contributed by atoms with Crippen LogP contribution < -0.4 is 0 Å². The largest absolute Gasteiger partial charge is 0.387 e. The van der Waals surface area contributed by atoms with Gasteiger partial charge in [0, 0.05) is 19.6 Å². The Kier molecular flexibility index (Phi) is 3.67. The Morgan fingerprint density at radius 2 is 1.67 bits per heavy atom. The van der Waals surface area contributed by atoms with Gasteiger partial charge in [-0.05, 0) is 30.2 Å². The van der Waals surface area contributed by atoms with Crippen LogP contribution in [0, 0.1) is 11.8 Å². The summed E-state index contributed by atoms with van der Waals surface area (Å²) in [5, 5.41) is 10.3. The van der Waals surface area contributed by atoms with Crippen molar-refractivity contribution in [2.75, 3.05) is 19.6 Å². The standard InChI is InChI=1S/C16H23NO/c18-16(13-6-2-1-3-7-13)12-17-10-14-8-4-5-9-15(14)11-17/h1-3,6-7,14-16,18H,4-5,8-12H2. The maximum absolute atomic E-state index is 10.3. The Labute approximate surface area is 110 Å². The van der Waals surface area contributed by atoms with Crippen molar-refractivity contribution in [2.24, 2.45) is 11.8 Å². The lowest BCUT2D eigenvalue weighted by Gasteiger charge is -2.23. The second-order valence-corrected chi connectivity index (χ2v) is 5.95. The van der Waals surface area contributed by atoms with Crippen molar-refractivity contribution in [3.8, 4) is 0 Å². The van der Waals surface area contributed by atoms with E-state index < -0.39 is 0 Å². The topological polar surface area (TPSA) is 23.5 Å². The molecule has 1 saturated carbocycles. The van der Waals surface area contributed by atoms with Crippen LogP contribution in [0.4, 0.5) is 0 Å². The second kappa shape index (κ2) is 5.41. The average molecular weight is 245 g/mol. The summed E-state index contributed by atoms with van der Waals surface area (Å²) in [6.45, 7) is 3.21. The quantitative estimate of drug-likeness (QED) is 0.885. The Balaban J connectivity index is 1.57. The second-order valence-electron chi connectivity index (χ2n) is 5.95. The zero-order valence-corrected chi connectivity index (χ0v) is 11.0. The minimum absolute atomic E-state index is 0.327. The Morgan fingerprint density at radius 1 is 1.06 bits per heavy atom. The predicted molar refractivity (Wildman–Crippen MR) is 73.3 cm³/mol.